The number of rotatable bonds is 9. The van der Waals surface area contributed by atoms with Gasteiger partial charge in [-0.3, -0.25) is 14.5 Å². The summed E-state index contributed by atoms with van der Waals surface area (Å²) in [6, 6.07) is 8.33. The van der Waals surface area contributed by atoms with Crippen molar-refractivity contribution in [1.82, 2.24) is 10.2 Å². The number of hydrogen-bond donors (Lipinski definition) is 1. The lowest BCUT2D eigenvalue weighted by Crippen LogP contribution is -2.44. The van der Waals surface area contributed by atoms with Crippen LogP contribution in [0, 0.1) is 19.3 Å². The Morgan fingerprint density at radius 3 is 2.58 bits per heavy atom. The number of likely N-dealkylation sites (N-methyl/N-ethyl adjacent to an activating group) is 1. The van der Waals surface area contributed by atoms with Crippen LogP contribution in [0.2, 0.25) is 0 Å². The lowest BCUT2D eigenvalue weighted by Gasteiger charge is -2.27. The Labute approximate surface area is 144 Å². The standard InChI is InChI=1S/C19H26N2O3/c1-5-11-21(4)17(12-16-9-7-15(3)8-10-16)14-20-18(22)13-19(23)24-6-2/h1,7-10,17H,6,11-14H2,2-4H3,(H,20,22). The molecule has 0 aliphatic carbocycles. The van der Waals surface area contributed by atoms with E-state index in [9.17, 15) is 9.59 Å². The van der Waals surface area contributed by atoms with E-state index in [0.717, 1.165) is 6.42 Å². The monoisotopic (exact) mass is 330 g/mol. The van der Waals surface area contributed by atoms with E-state index in [1.165, 1.54) is 11.1 Å². The SMILES string of the molecule is C#CCN(C)C(CNC(=O)CC(=O)OCC)Cc1ccc(C)cc1. The van der Waals surface area contributed by atoms with Crippen LogP contribution in [-0.2, 0) is 20.7 Å². The third kappa shape index (κ3) is 7.30. The topological polar surface area (TPSA) is 58.6 Å². The van der Waals surface area contributed by atoms with Crippen molar-refractivity contribution in [1.29, 1.82) is 0 Å². The zero-order valence-electron chi connectivity index (χ0n) is 14.7. The van der Waals surface area contributed by atoms with Crippen LogP contribution in [0.5, 0.6) is 0 Å². The van der Waals surface area contributed by atoms with E-state index >= 15 is 0 Å². The minimum absolute atomic E-state index is 0.0508. The fourth-order valence-electron chi connectivity index (χ4n) is 2.29. The molecule has 5 nitrogen and oxygen atoms in total. The van der Waals surface area contributed by atoms with Crippen molar-refractivity contribution >= 4 is 11.9 Å². The van der Waals surface area contributed by atoms with Gasteiger partial charge in [0.2, 0.25) is 5.91 Å². The number of amides is 1. The van der Waals surface area contributed by atoms with E-state index in [4.69, 9.17) is 11.2 Å². The number of nitrogens with one attached hydrogen (secondary N) is 1. The summed E-state index contributed by atoms with van der Waals surface area (Å²) in [6.07, 6.45) is 5.90. The van der Waals surface area contributed by atoms with Gasteiger partial charge in [0.25, 0.3) is 0 Å². The van der Waals surface area contributed by atoms with Gasteiger partial charge in [0, 0.05) is 12.6 Å². The molecule has 0 fully saturated rings. The highest BCUT2D eigenvalue weighted by atomic mass is 16.5. The predicted octanol–water partition coefficient (Wildman–Crippen LogP) is 1.54. The van der Waals surface area contributed by atoms with Crippen LogP contribution in [0.25, 0.3) is 0 Å². The van der Waals surface area contributed by atoms with Crippen LogP contribution in [0.1, 0.15) is 24.5 Å². The van der Waals surface area contributed by atoms with E-state index in [0.29, 0.717) is 13.1 Å². The molecular weight excluding hydrogens is 304 g/mol. The molecular formula is C19H26N2O3. The van der Waals surface area contributed by atoms with Gasteiger partial charge in [0.15, 0.2) is 0 Å². The number of carbonyl (C=O) groups is 2. The molecule has 1 unspecified atom stereocenters. The second-order valence-electron chi connectivity index (χ2n) is 5.75. The van der Waals surface area contributed by atoms with Gasteiger partial charge in [0.1, 0.15) is 6.42 Å². The molecule has 0 aliphatic heterocycles. The first kappa shape index (κ1) is 19.7. The van der Waals surface area contributed by atoms with Gasteiger partial charge in [-0.1, -0.05) is 35.7 Å². The van der Waals surface area contributed by atoms with Crippen molar-refractivity contribution in [3.63, 3.8) is 0 Å². The first-order chi connectivity index (χ1) is 11.5. The lowest BCUT2D eigenvalue weighted by atomic mass is 10.0. The smallest absolute Gasteiger partial charge is 0.315 e. The largest absolute Gasteiger partial charge is 0.466 e. The zero-order valence-corrected chi connectivity index (χ0v) is 14.7. The molecule has 5 heteroatoms. The molecule has 0 spiro atoms. The molecule has 24 heavy (non-hydrogen) atoms. The third-order valence-corrected chi connectivity index (χ3v) is 3.70. The number of benzene rings is 1. The minimum atomic E-state index is -0.512. The Balaban J connectivity index is 2.62. The van der Waals surface area contributed by atoms with Crippen molar-refractivity contribution in [2.75, 3.05) is 26.7 Å². The van der Waals surface area contributed by atoms with Gasteiger partial charge in [-0.2, -0.15) is 0 Å². The quantitative estimate of drug-likeness (QED) is 0.424. The number of esters is 1. The van der Waals surface area contributed by atoms with Crippen LogP contribution in [0.4, 0.5) is 0 Å². The Hall–Kier alpha value is -2.32. The second-order valence-corrected chi connectivity index (χ2v) is 5.75. The lowest BCUT2D eigenvalue weighted by molar-refractivity contribution is -0.146. The van der Waals surface area contributed by atoms with Gasteiger partial charge >= 0.3 is 5.97 Å². The van der Waals surface area contributed by atoms with E-state index in [1.54, 1.807) is 6.92 Å². The number of ether oxygens (including phenoxy) is 1. The molecule has 1 rings (SSSR count). The number of aryl methyl sites for hydroxylation is 1. The number of terminal acetylenes is 1. The molecule has 1 aromatic rings. The molecule has 0 heterocycles. The van der Waals surface area contributed by atoms with Crippen molar-refractivity contribution in [3.05, 3.63) is 35.4 Å². The van der Waals surface area contributed by atoms with E-state index in [-0.39, 0.29) is 25.0 Å². The Morgan fingerprint density at radius 1 is 1.33 bits per heavy atom. The highest BCUT2D eigenvalue weighted by Crippen LogP contribution is 2.09. The van der Waals surface area contributed by atoms with E-state index in [2.05, 4.69) is 35.5 Å². The van der Waals surface area contributed by atoms with Crippen molar-refractivity contribution in [3.8, 4) is 12.3 Å². The van der Waals surface area contributed by atoms with Crippen molar-refractivity contribution in [2.24, 2.45) is 0 Å². The summed E-state index contributed by atoms with van der Waals surface area (Å²) in [6.45, 7) is 4.94. The zero-order chi connectivity index (χ0) is 17.9. The third-order valence-electron chi connectivity index (χ3n) is 3.70. The van der Waals surface area contributed by atoms with Crippen LogP contribution >= 0.6 is 0 Å². The van der Waals surface area contributed by atoms with Gasteiger partial charge in [-0.25, -0.2) is 0 Å². The molecule has 0 radical (unpaired) electrons. The highest BCUT2D eigenvalue weighted by Gasteiger charge is 2.17. The first-order valence-corrected chi connectivity index (χ1v) is 8.07. The Morgan fingerprint density at radius 2 is 2.00 bits per heavy atom. The molecule has 1 aromatic carbocycles. The Bertz CT molecular complexity index is 575. The van der Waals surface area contributed by atoms with E-state index < -0.39 is 5.97 Å². The van der Waals surface area contributed by atoms with Crippen LogP contribution in [-0.4, -0.2) is 49.6 Å². The van der Waals surface area contributed by atoms with Gasteiger partial charge in [-0.15, -0.1) is 6.42 Å². The summed E-state index contributed by atoms with van der Waals surface area (Å²) in [5.41, 5.74) is 2.38. The minimum Gasteiger partial charge on any atom is -0.466 e. The van der Waals surface area contributed by atoms with Crippen molar-refractivity contribution in [2.45, 2.75) is 32.7 Å². The molecule has 0 aliphatic rings. The van der Waals surface area contributed by atoms with Crippen LogP contribution in [0.3, 0.4) is 0 Å². The van der Waals surface area contributed by atoms with Crippen molar-refractivity contribution < 1.29 is 14.3 Å². The Kier molecular flexibility index (Phi) is 8.59. The molecule has 1 atom stereocenters. The second kappa shape index (κ2) is 10.5. The fourth-order valence-corrected chi connectivity index (χ4v) is 2.29. The molecule has 0 saturated heterocycles. The maximum absolute atomic E-state index is 11.8. The van der Waals surface area contributed by atoms with Gasteiger partial charge in [-0.05, 0) is 32.9 Å². The average molecular weight is 330 g/mol. The molecule has 0 aromatic heterocycles. The number of hydrogen-bond acceptors (Lipinski definition) is 4. The average Bonchev–Trinajstić information content (AvgIpc) is 2.53. The summed E-state index contributed by atoms with van der Waals surface area (Å²) < 4.78 is 4.78. The summed E-state index contributed by atoms with van der Waals surface area (Å²) in [4.78, 5) is 25.2. The number of carbonyl (C=O) groups excluding carboxylic acids is 2. The highest BCUT2D eigenvalue weighted by molar-refractivity contribution is 5.94. The molecule has 0 saturated carbocycles. The summed E-state index contributed by atoms with van der Waals surface area (Å²) in [5, 5.41) is 2.79. The fraction of sp³-hybridized carbons (Fsp3) is 0.474. The summed E-state index contributed by atoms with van der Waals surface area (Å²) in [7, 11) is 1.93. The number of nitrogens with zero attached hydrogens (tertiary/aromatic N) is 1. The molecule has 130 valence electrons. The normalized spacial score (nSPS) is 11.6. The molecule has 1 amide bonds. The maximum Gasteiger partial charge on any atom is 0.315 e. The summed E-state index contributed by atoms with van der Waals surface area (Å²) >= 11 is 0. The predicted molar refractivity (Wildman–Crippen MR) is 94.4 cm³/mol. The maximum atomic E-state index is 11.8. The van der Waals surface area contributed by atoms with Crippen LogP contribution in [0.15, 0.2) is 24.3 Å². The first-order valence-electron chi connectivity index (χ1n) is 8.07. The van der Waals surface area contributed by atoms with Crippen LogP contribution < -0.4 is 5.32 Å². The van der Waals surface area contributed by atoms with Gasteiger partial charge < -0.3 is 10.1 Å². The summed E-state index contributed by atoms with van der Waals surface area (Å²) in [5.74, 6) is 1.77. The van der Waals surface area contributed by atoms with Gasteiger partial charge in [0.05, 0.1) is 13.2 Å². The molecule has 0 bridgehead atoms. The molecule has 1 N–H and O–H groups in total. The van der Waals surface area contributed by atoms with E-state index in [1.807, 2.05) is 18.9 Å².